The fourth-order valence-corrected chi connectivity index (χ4v) is 3.88. The van der Waals surface area contributed by atoms with Crippen LogP contribution < -0.4 is 10.1 Å². The van der Waals surface area contributed by atoms with Crippen LogP contribution in [0.2, 0.25) is 5.02 Å². The van der Waals surface area contributed by atoms with Gasteiger partial charge < -0.3 is 19.2 Å². The zero-order chi connectivity index (χ0) is 23.3. The van der Waals surface area contributed by atoms with Crippen molar-refractivity contribution in [1.82, 2.24) is 15.2 Å². The number of hydrogen-bond acceptors (Lipinski definition) is 6. The minimum atomic E-state index is -0.0960. The summed E-state index contributed by atoms with van der Waals surface area (Å²) in [7, 11) is 0. The zero-order valence-electron chi connectivity index (χ0n) is 18.5. The van der Waals surface area contributed by atoms with Crippen LogP contribution in [0.3, 0.4) is 0 Å². The van der Waals surface area contributed by atoms with Crippen molar-refractivity contribution >= 4 is 28.6 Å². The van der Waals surface area contributed by atoms with Crippen LogP contribution in [-0.2, 0) is 4.74 Å². The Bertz CT molecular complexity index is 1270. The normalized spacial score (nSPS) is 14.3. The molecule has 0 aliphatic carbocycles. The minimum Gasteiger partial charge on any atom is -0.457 e. The summed E-state index contributed by atoms with van der Waals surface area (Å²) in [5.74, 6) is 1.73. The number of nitrogens with zero attached hydrogens (tertiary/aromatic N) is 2. The predicted molar refractivity (Wildman–Crippen MR) is 131 cm³/mol. The summed E-state index contributed by atoms with van der Waals surface area (Å²) in [5, 5.41) is 3.63. The molecule has 0 saturated carbocycles. The third-order valence-electron chi connectivity index (χ3n) is 5.62. The fraction of sp³-hybridized carbons (Fsp3) is 0.231. The monoisotopic (exact) mass is 477 g/mol. The van der Waals surface area contributed by atoms with Gasteiger partial charge in [-0.05, 0) is 60.7 Å². The maximum atomic E-state index is 12.5. The van der Waals surface area contributed by atoms with E-state index in [0.717, 1.165) is 38.4 Å². The molecule has 4 aromatic rings. The number of rotatable bonds is 7. The third-order valence-corrected chi connectivity index (χ3v) is 5.87. The van der Waals surface area contributed by atoms with E-state index in [-0.39, 0.29) is 5.91 Å². The SMILES string of the molecule is O=C(NCCN1CCOCC1)c1ccc(-c2nc3cc(Oc4ccc(Cl)cc4)ccc3o2)cc1. The van der Waals surface area contributed by atoms with Crippen molar-refractivity contribution in [3.05, 3.63) is 77.3 Å². The van der Waals surface area contributed by atoms with E-state index in [9.17, 15) is 4.79 Å². The van der Waals surface area contributed by atoms with Crippen molar-refractivity contribution in [2.24, 2.45) is 0 Å². The number of fused-ring (bicyclic) bond motifs is 1. The van der Waals surface area contributed by atoms with Crippen LogP contribution in [0.15, 0.2) is 71.1 Å². The van der Waals surface area contributed by atoms with Crippen LogP contribution in [0.25, 0.3) is 22.6 Å². The van der Waals surface area contributed by atoms with E-state index >= 15 is 0 Å². The summed E-state index contributed by atoms with van der Waals surface area (Å²) < 4.78 is 17.1. The van der Waals surface area contributed by atoms with Gasteiger partial charge in [-0.15, -0.1) is 0 Å². The number of carbonyl (C=O) groups is 1. The first kappa shape index (κ1) is 22.4. The molecule has 0 atom stereocenters. The van der Waals surface area contributed by atoms with Crippen molar-refractivity contribution < 1.29 is 18.7 Å². The molecule has 34 heavy (non-hydrogen) atoms. The van der Waals surface area contributed by atoms with E-state index in [2.05, 4.69) is 15.2 Å². The molecule has 1 fully saturated rings. The van der Waals surface area contributed by atoms with E-state index in [0.29, 0.717) is 45.6 Å². The molecule has 1 saturated heterocycles. The molecule has 7 nitrogen and oxygen atoms in total. The lowest BCUT2D eigenvalue weighted by Crippen LogP contribution is -2.41. The summed E-state index contributed by atoms with van der Waals surface area (Å²) in [5.41, 5.74) is 2.73. The average molecular weight is 478 g/mol. The second-order valence-corrected chi connectivity index (χ2v) is 8.43. The maximum absolute atomic E-state index is 12.5. The zero-order valence-corrected chi connectivity index (χ0v) is 19.3. The number of carbonyl (C=O) groups excluding carboxylic acids is 1. The number of oxazole rings is 1. The topological polar surface area (TPSA) is 76.8 Å². The summed E-state index contributed by atoms with van der Waals surface area (Å²) in [4.78, 5) is 19.3. The maximum Gasteiger partial charge on any atom is 0.251 e. The summed E-state index contributed by atoms with van der Waals surface area (Å²) in [6.07, 6.45) is 0. The van der Waals surface area contributed by atoms with Gasteiger partial charge in [0.15, 0.2) is 5.58 Å². The van der Waals surface area contributed by atoms with Crippen molar-refractivity contribution in [3.8, 4) is 23.0 Å². The van der Waals surface area contributed by atoms with Crippen LogP contribution in [0.4, 0.5) is 0 Å². The highest BCUT2D eigenvalue weighted by atomic mass is 35.5. The summed E-state index contributed by atoms with van der Waals surface area (Å²) in [6.45, 7) is 4.74. The van der Waals surface area contributed by atoms with Gasteiger partial charge in [0.05, 0.1) is 13.2 Å². The highest BCUT2D eigenvalue weighted by molar-refractivity contribution is 6.30. The number of hydrogen-bond donors (Lipinski definition) is 1. The lowest BCUT2D eigenvalue weighted by molar-refractivity contribution is 0.0383. The lowest BCUT2D eigenvalue weighted by atomic mass is 10.1. The number of nitrogens with one attached hydrogen (secondary N) is 1. The molecule has 1 aliphatic heterocycles. The van der Waals surface area contributed by atoms with Gasteiger partial charge in [-0.2, -0.15) is 0 Å². The highest BCUT2D eigenvalue weighted by Gasteiger charge is 2.13. The van der Waals surface area contributed by atoms with Crippen molar-refractivity contribution in [3.63, 3.8) is 0 Å². The third kappa shape index (κ3) is 5.39. The van der Waals surface area contributed by atoms with Crippen LogP contribution in [0, 0.1) is 0 Å². The van der Waals surface area contributed by atoms with Gasteiger partial charge in [0, 0.05) is 48.4 Å². The first-order valence-electron chi connectivity index (χ1n) is 11.2. The Kier molecular flexibility index (Phi) is 6.76. The molecule has 8 heteroatoms. The number of morpholine rings is 1. The Hall–Kier alpha value is -3.39. The molecule has 0 bridgehead atoms. The first-order valence-corrected chi connectivity index (χ1v) is 11.5. The minimum absolute atomic E-state index is 0.0960. The Morgan fingerprint density at radius 3 is 2.50 bits per heavy atom. The number of benzene rings is 3. The molecule has 1 amide bonds. The molecular formula is C26H24ClN3O4. The van der Waals surface area contributed by atoms with Gasteiger partial charge in [0.2, 0.25) is 5.89 Å². The molecule has 0 radical (unpaired) electrons. The van der Waals surface area contributed by atoms with Gasteiger partial charge in [-0.25, -0.2) is 4.98 Å². The van der Waals surface area contributed by atoms with Crippen molar-refractivity contribution in [2.45, 2.75) is 0 Å². The second kappa shape index (κ2) is 10.3. The molecule has 2 heterocycles. The van der Waals surface area contributed by atoms with Gasteiger partial charge >= 0.3 is 0 Å². The van der Waals surface area contributed by atoms with Gasteiger partial charge in [0.25, 0.3) is 5.91 Å². The van der Waals surface area contributed by atoms with E-state index in [1.165, 1.54) is 0 Å². The quantitative estimate of drug-likeness (QED) is 0.403. The Labute approximate surface area is 202 Å². The van der Waals surface area contributed by atoms with Crippen molar-refractivity contribution in [2.75, 3.05) is 39.4 Å². The van der Waals surface area contributed by atoms with Gasteiger partial charge in [-0.3, -0.25) is 9.69 Å². The second-order valence-electron chi connectivity index (χ2n) is 7.99. The molecule has 3 aromatic carbocycles. The Morgan fingerprint density at radius 1 is 1.00 bits per heavy atom. The van der Waals surface area contributed by atoms with E-state index in [1.54, 1.807) is 36.4 Å². The van der Waals surface area contributed by atoms with E-state index in [1.807, 2.05) is 30.3 Å². The lowest BCUT2D eigenvalue weighted by Gasteiger charge is -2.26. The largest absolute Gasteiger partial charge is 0.457 e. The van der Waals surface area contributed by atoms with E-state index < -0.39 is 0 Å². The molecule has 1 N–H and O–H groups in total. The molecule has 1 aromatic heterocycles. The summed E-state index contributed by atoms with van der Waals surface area (Å²) in [6, 6.07) is 19.9. The Morgan fingerprint density at radius 2 is 1.74 bits per heavy atom. The van der Waals surface area contributed by atoms with Crippen LogP contribution in [0.1, 0.15) is 10.4 Å². The number of ether oxygens (including phenoxy) is 2. The molecule has 5 rings (SSSR count). The molecule has 1 aliphatic rings. The first-order chi connectivity index (χ1) is 16.6. The predicted octanol–water partition coefficient (Wildman–Crippen LogP) is 5.00. The van der Waals surface area contributed by atoms with Crippen LogP contribution in [-0.4, -0.2) is 55.2 Å². The van der Waals surface area contributed by atoms with Crippen molar-refractivity contribution in [1.29, 1.82) is 0 Å². The molecule has 174 valence electrons. The van der Waals surface area contributed by atoms with E-state index in [4.69, 9.17) is 25.5 Å². The summed E-state index contributed by atoms with van der Waals surface area (Å²) >= 11 is 5.93. The van der Waals surface area contributed by atoms with Crippen LogP contribution in [0.5, 0.6) is 11.5 Å². The number of halogens is 1. The standard InChI is InChI=1S/C26H24ClN3O4/c27-20-5-7-21(8-6-20)33-22-9-10-24-23(17-22)29-26(34-24)19-3-1-18(2-4-19)25(31)28-11-12-30-13-15-32-16-14-30/h1-10,17H,11-16H2,(H,28,31). The number of aromatic nitrogens is 1. The fourth-order valence-electron chi connectivity index (χ4n) is 3.75. The van der Waals surface area contributed by atoms with Gasteiger partial charge in [-0.1, -0.05) is 11.6 Å². The Balaban J connectivity index is 1.22. The van der Waals surface area contributed by atoms with Gasteiger partial charge in [0.1, 0.15) is 17.0 Å². The molecule has 0 unspecified atom stereocenters. The molecule has 0 spiro atoms. The highest BCUT2D eigenvalue weighted by Crippen LogP contribution is 2.29. The number of amides is 1. The van der Waals surface area contributed by atoms with Crippen LogP contribution >= 0.6 is 11.6 Å². The average Bonchev–Trinajstić information content (AvgIpc) is 3.30. The molecular weight excluding hydrogens is 454 g/mol. The smallest absolute Gasteiger partial charge is 0.251 e.